The third kappa shape index (κ3) is 4.76. The summed E-state index contributed by atoms with van der Waals surface area (Å²) in [5, 5.41) is 2.77. The average Bonchev–Trinajstić information content (AvgIpc) is 2.70. The first-order chi connectivity index (χ1) is 13.4. The molecule has 6 nitrogen and oxygen atoms in total. The highest BCUT2D eigenvalue weighted by atomic mass is 16.5. The first kappa shape index (κ1) is 19.6. The Morgan fingerprint density at radius 3 is 2.57 bits per heavy atom. The molecule has 1 N–H and O–H groups in total. The molecule has 0 saturated heterocycles. The van der Waals surface area contributed by atoms with Crippen molar-refractivity contribution < 1.29 is 19.1 Å². The highest BCUT2D eigenvalue weighted by Gasteiger charge is 2.21. The fraction of sp³-hybridized carbons (Fsp3) is 0.318. The number of carbonyl (C=O) groups excluding carboxylic acids is 3. The number of nitrogens with zero attached hydrogens (tertiary/aromatic N) is 1. The van der Waals surface area contributed by atoms with Gasteiger partial charge in [0, 0.05) is 24.7 Å². The van der Waals surface area contributed by atoms with E-state index in [1.807, 2.05) is 44.2 Å². The van der Waals surface area contributed by atoms with Gasteiger partial charge >= 0.3 is 5.97 Å². The van der Waals surface area contributed by atoms with E-state index in [1.165, 1.54) is 0 Å². The molecule has 2 aromatic rings. The van der Waals surface area contributed by atoms with Crippen molar-refractivity contribution >= 4 is 23.5 Å². The van der Waals surface area contributed by atoms with Crippen molar-refractivity contribution in [3.05, 3.63) is 65.2 Å². The number of hydrogen-bond acceptors (Lipinski definition) is 4. The van der Waals surface area contributed by atoms with Gasteiger partial charge in [0.25, 0.3) is 5.91 Å². The number of esters is 1. The molecular weight excluding hydrogens is 356 g/mol. The van der Waals surface area contributed by atoms with E-state index in [9.17, 15) is 14.4 Å². The van der Waals surface area contributed by atoms with Crippen LogP contribution in [0.1, 0.15) is 41.8 Å². The molecular formula is C22H24N2O4. The highest BCUT2D eigenvalue weighted by Crippen LogP contribution is 2.24. The summed E-state index contributed by atoms with van der Waals surface area (Å²) in [4.78, 5) is 38.1. The fourth-order valence-electron chi connectivity index (χ4n) is 3.14. The van der Waals surface area contributed by atoms with E-state index in [2.05, 4.69) is 5.32 Å². The molecule has 1 aliphatic heterocycles. The highest BCUT2D eigenvalue weighted by molar-refractivity contribution is 5.96. The fourth-order valence-corrected chi connectivity index (χ4v) is 3.14. The Morgan fingerprint density at radius 2 is 1.86 bits per heavy atom. The van der Waals surface area contributed by atoms with Crippen LogP contribution in [0.4, 0.5) is 5.69 Å². The third-order valence-electron chi connectivity index (χ3n) is 4.70. The van der Waals surface area contributed by atoms with E-state index >= 15 is 0 Å². The van der Waals surface area contributed by atoms with Gasteiger partial charge in [-0.2, -0.15) is 0 Å². The molecule has 0 aromatic heterocycles. The number of hydrogen-bond donors (Lipinski definition) is 1. The summed E-state index contributed by atoms with van der Waals surface area (Å²) in [7, 11) is 0. The smallest absolute Gasteiger partial charge is 0.338 e. The summed E-state index contributed by atoms with van der Waals surface area (Å²) in [6.07, 6.45) is 0.978. The molecule has 0 spiro atoms. The number of carbonyl (C=O) groups is 3. The Bertz CT molecular complexity index is 877. The van der Waals surface area contributed by atoms with Crippen molar-refractivity contribution in [3.8, 4) is 0 Å². The van der Waals surface area contributed by atoms with Crippen LogP contribution in [0, 0.1) is 0 Å². The van der Waals surface area contributed by atoms with Crippen molar-refractivity contribution in [2.24, 2.45) is 0 Å². The maximum Gasteiger partial charge on any atom is 0.338 e. The van der Waals surface area contributed by atoms with Crippen LogP contribution in [-0.2, 0) is 27.3 Å². The number of anilines is 1. The second-order valence-corrected chi connectivity index (χ2v) is 7.10. The summed E-state index contributed by atoms with van der Waals surface area (Å²) < 4.78 is 5.25. The molecule has 0 fully saturated rings. The average molecular weight is 380 g/mol. The van der Waals surface area contributed by atoms with E-state index in [0.717, 1.165) is 16.8 Å². The third-order valence-corrected chi connectivity index (χ3v) is 4.70. The van der Waals surface area contributed by atoms with E-state index in [0.29, 0.717) is 24.9 Å². The van der Waals surface area contributed by atoms with Gasteiger partial charge in [-0.15, -0.1) is 0 Å². The number of amides is 2. The predicted octanol–water partition coefficient (Wildman–Crippen LogP) is 3.17. The van der Waals surface area contributed by atoms with Gasteiger partial charge in [0.15, 0.2) is 6.61 Å². The Morgan fingerprint density at radius 1 is 1.11 bits per heavy atom. The first-order valence-electron chi connectivity index (χ1n) is 9.37. The quantitative estimate of drug-likeness (QED) is 0.781. The molecule has 0 aliphatic carbocycles. The summed E-state index contributed by atoms with van der Waals surface area (Å²) in [5.74, 6) is -0.811. The molecule has 6 heteroatoms. The summed E-state index contributed by atoms with van der Waals surface area (Å²) in [6.45, 7) is 4.02. The zero-order valence-electron chi connectivity index (χ0n) is 16.1. The van der Waals surface area contributed by atoms with Crippen molar-refractivity contribution in [1.29, 1.82) is 0 Å². The number of rotatable bonds is 6. The molecule has 0 saturated carbocycles. The zero-order valence-corrected chi connectivity index (χ0v) is 16.1. The van der Waals surface area contributed by atoms with Crippen molar-refractivity contribution in [1.82, 2.24) is 4.90 Å². The molecule has 3 rings (SSSR count). The van der Waals surface area contributed by atoms with Crippen LogP contribution in [0.3, 0.4) is 0 Å². The van der Waals surface area contributed by atoms with Gasteiger partial charge in [0.05, 0.1) is 5.56 Å². The minimum Gasteiger partial charge on any atom is -0.452 e. The predicted molar refractivity (Wildman–Crippen MR) is 106 cm³/mol. The molecule has 0 unspecified atom stereocenters. The Kier molecular flexibility index (Phi) is 6.09. The maximum absolute atomic E-state index is 12.6. The number of fused-ring (bicyclic) bond motifs is 1. The second kappa shape index (κ2) is 8.69. The van der Waals surface area contributed by atoms with Gasteiger partial charge in [0.1, 0.15) is 0 Å². The van der Waals surface area contributed by atoms with Crippen LogP contribution in [0.2, 0.25) is 0 Å². The Hall–Kier alpha value is -3.15. The topological polar surface area (TPSA) is 75.7 Å². The molecule has 0 radical (unpaired) electrons. The Labute approximate surface area is 164 Å². The molecule has 1 aliphatic rings. The number of benzene rings is 2. The van der Waals surface area contributed by atoms with E-state index in [-0.39, 0.29) is 24.5 Å². The van der Waals surface area contributed by atoms with Crippen LogP contribution >= 0.6 is 0 Å². The normalized spacial score (nSPS) is 12.9. The van der Waals surface area contributed by atoms with E-state index in [4.69, 9.17) is 4.74 Å². The minimum absolute atomic E-state index is 0.0150. The minimum atomic E-state index is -0.545. The second-order valence-electron chi connectivity index (χ2n) is 7.10. The summed E-state index contributed by atoms with van der Waals surface area (Å²) in [6, 6.07) is 14.7. The number of aryl methyl sites for hydroxylation is 1. The lowest BCUT2D eigenvalue weighted by molar-refractivity contribution is -0.137. The molecule has 2 aromatic carbocycles. The summed E-state index contributed by atoms with van der Waals surface area (Å²) >= 11 is 0. The first-order valence-corrected chi connectivity index (χ1v) is 9.37. The molecule has 0 bridgehead atoms. The van der Waals surface area contributed by atoms with Crippen LogP contribution in [0.25, 0.3) is 0 Å². The zero-order chi connectivity index (χ0) is 20.1. The van der Waals surface area contributed by atoms with Crippen LogP contribution < -0.4 is 5.32 Å². The van der Waals surface area contributed by atoms with Gasteiger partial charge in [-0.05, 0) is 49.6 Å². The number of nitrogens with one attached hydrogen (secondary N) is 1. The lowest BCUT2D eigenvalue weighted by Gasteiger charge is -2.26. The molecule has 1 heterocycles. The molecule has 28 heavy (non-hydrogen) atoms. The van der Waals surface area contributed by atoms with Crippen LogP contribution in [0.15, 0.2) is 48.5 Å². The molecule has 146 valence electrons. The van der Waals surface area contributed by atoms with Gasteiger partial charge in [0.2, 0.25) is 5.91 Å². The monoisotopic (exact) mass is 380 g/mol. The van der Waals surface area contributed by atoms with Crippen LogP contribution in [0.5, 0.6) is 0 Å². The lowest BCUT2D eigenvalue weighted by atomic mass is 10.0. The van der Waals surface area contributed by atoms with Crippen molar-refractivity contribution in [2.75, 3.05) is 11.9 Å². The van der Waals surface area contributed by atoms with Gasteiger partial charge in [-0.1, -0.05) is 30.3 Å². The maximum atomic E-state index is 12.6. The van der Waals surface area contributed by atoms with E-state index in [1.54, 1.807) is 23.1 Å². The van der Waals surface area contributed by atoms with Gasteiger partial charge in [-0.25, -0.2) is 4.79 Å². The van der Waals surface area contributed by atoms with Crippen molar-refractivity contribution in [2.45, 2.75) is 39.3 Å². The van der Waals surface area contributed by atoms with Gasteiger partial charge in [-0.3, -0.25) is 9.59 Å². The lowest BCUT2D eigenvalue weighted by Crippen LogP contribution is -2.39. The van der Waals surface area contributed by atoms with Gasteiger partial charge < -0.3 is 15.0 Å². The Balaban J connectivity index is 1.61. The molecule has 0 atom stereocenters. The standard InChI is InChI=1S/C22H24N2O4/c1-15(2)24(13-16-6-4-3-5-7-16)21(26)14-28-22(27)18-8-10-19-17(12-18)9-11-20(25)23-19/h3-8,10,12,15H,9,11,13-14H2,1-2H3,(H,23,25). The number of ether oxygens (including phenoxy) is 1. The van der Waals surface area contributed by atoms with E-state index < -0.39 is 5.97 Å². The SMILES string of the molecule is CC(C)N(Cc1ccccc1)C(=O)COC(=O)c1ccc2c(c1)CCC(=O)N2. The molecule has 2 amide bonds. The van der Waals surface area contributed by atoms with Crippen LogP contribution in [-0.4, -0.2) is 35.3 Å². The van der Waals surface area contributed by atoms with Crippen molar-refractivity contribution in [3.63, 3.8) is 0 Å². The summed E-state index contributed by atoms with van der Waals surface area (Å²) in [5.41, 5.74) is 3.01. The largest absolute Gasteiger partial charge is 0.452 e.